The first-order chi connectivity index (χ1) is 9.22. The van der Waals surface area contributed by atoms with E-state index >= 15 is 0 Å². The van der Waals surface area contributed by atoms with E-state index < -0.39 is 0 Å². The highest BCUT2D eigenvalue weighted by Gasteiger charge is 2.22. The summed E-state index contributed by atoms with van der Waals surface area (Å²) >= 11 is 2.05. The lowest BCUT2D eigenvalue weighted by Gasteiger charge is -2.34. The number of rotatable bonds is 4. The van der Waals surface area contributed by atoms with Gasteiger partial charge in [-0.3, -0.25) is 0 Å². The third-order valence-electron chi connectivity index (χ3n) is 3.83. The fraction of sp³-hybridized carbons (Fsp3) is 0.667. The topological polar surface area (TPSA) is 28.2 Å². The number of nitrogens with one attached hydrogen (secondary N) is 1. The van der Waals surface area contributed by atoms with E-state index in [4.69, 9.17) is 4.98 Å². The largest absolute Gasteiger partial charge is 0.352 e. The van der Waals surface area contributed by atoms with Crippen LogP contribution in [0.15, 0.2) is 12.1 Å². The molecule has 1 aliphatic heterocycles. The van der Waals surface area contributed by atoms with Crippen molar-refractivity contribution in [3.8, 4) is 0 Å². The summed E-state index contributed by atoms with van der Waals surface area (Å²) in [6, 6.07) is 5.84. The van der Waals surface area contributed by atoms with Gasteiger partial charge in [-0.05, 0) is 44.4 Å². The van der Waals surface area contributed by atoms with Gasteiger partial charge >= 0.3 is 0 Å². The second-order valence-corrected chi connectivity index (χ2v) is 6.90. The van der Waals surface area contributed by atoms with E-state index in [9.17, 15) is 0 Å². The standard InChI is InChI=1S/C15H23N3S/c1-11-7-13(9-16-14-3-4-14)8-15(17-11)18-5-6-19-10-12(18)2/h7-8,12,14,16H,3-6,9-10H2,1-2H3. The molecule has 3 rings (SSSR count). The van der Waals surface area contributed by atoms with Crippen molar-refractivity contribution in [2.75, 3.05) is 23.0 Å². The number of thioether (sulfide) groups is 1. The van der Waals surface area contributed by atoms with Crippen molar-refractivity contribution >= 4 is 17.6 Å². The van der Waals surface area contributed by atoms with Crippen LogP contribution in [0.3, 0.4) is 0 Å². The normalized spacial score (nSPS) is 23.7. The molecule has 1 aromatic heterocycles. The molecule has 0 amide bonds. The lowest BCUT2D eigenvalue weighted by Crippen LogP contribution is -2.41. The molecular formula is C15H23N3S. The fourth-order valence-electron chi connectivity index (χ4n) is 2.59. The van der Waals surface area contributed by atoms with Crippen LogP contribution < -0.4 is 10.2 Å². The summed E-state index contributed by atoms with van der Waals surface area (Å²) in [5.41, 5.74) is 2.51. The van der Waals surface area contributed by atoms with E-state index in [-0.39, 0.29) is 0 Å². The molecule has 104 valence electrons. The molecule has 1 N–H and O–H groups in total. The van der Waals surface area contributed by atoms with Crippen molar-refractivity contribution in [3.05, 3.63) is 23.4 Å². The lowest BCUT2D eigenvalue weighted by molar-refractivity contribution is 0.674. The maximum atomic E-state index is 4.74. The van der Waals surface area contributed by atoms with Crippen molar-refractivity contribution < 1.29 is 0 Å². The maximum absolute atomic E-state index is 4.74. The van der Waals surface area contributed by atoms with E-state index in [0.29, 0.717) is 6.04 Å². The highest BCUT2D eigenvalue weighted by molar-refractivity contribution is 7.99. The Morgan fingerprint density at radius 2 is 2.26 bits per heavy atom. The van der Waals surface area contributed by atoms with Crippen molar-refractivity contribution in [1.29, 1.82) is 0 Å². The second-order valence-electron chi connectivity index (χ2n) is 5.75. The monoisotopic (exact) mass is 277 g/mol. The summed E-state index contributed by atoms with van der Waals surface area (Å²) in [4.78, 5) is 7.20. The Balaban J connectivity index is 1.75. The van der Waals surface area contributed by atoms with Gasteiger partial charge in [0.1, 0.15) is 5.82 Å². The number of hydrogen-bond donors (Lipinski definition) is 1. The van der Waals surface area contributed by atoms with E-state index in [1.165, 1.54) is 35.7 Å². The van der Waals surface area contributed by atoms with Crippen LogP contribution >= 0.6 is 11.8 Å². The minimum atomic E-state index is 0.595. The molecule has 2 fully saturated rings. The average Bonchev–Trinajstić information content (AvgIpc) is 3.20. The first-order valence-electron chi connectivity index (χ1n) is 7.28. The van der Waals surface area contributed by atoms with Gasteiger partial charge in [-0.1, -0.05) is 0 Å². The molecule has 0 radical (unpaired) electrons. The number of hydrogen-bond acceptors (Lipinski definition) is 4. The van der Waals surface area contributed by atoms with Gasteiger partial charge < -0.3 is 10.2 Å². The molecule has 2 heterocycles. The Morgan fingerprint density at radius 3 is 3.00 bits per heavy atom. The van der Waals surface area contributed by atoms with Gasteiger partial charge in [0.15, 0.2) is 0 Å². The molecular weight excluding hydrogens is 254 g/mol. The van der Waals surface area contributed by atoms with Gasteiger partial charge in [0.05, 0.1) is 0 Å². The van der Waals surface area contributed by atoms with Gasteiger partial charge in [0, 0.05) is 42.4 Å². The molecule has 2 aliphatic rings. The Labute approximate surface area is 120 Å². The van der Waals surface area contributed by atoms with Crippen molar-refractivity contribution in [3.63, 3.8) is 0 Å². The van der Waals surface area contributed by atoms with Crippen LogP contribution in [-0.4, -0.2) is 35.1 Å². The van der Waals surface area contributed by atoms with Crippen LogP contribution in [0.1, 0.15) is 31.0 Å². The van der Waals surface area contributed by atoms with Gasteiger partial charge in [-0.2, -0.15) is 11.8 Å². The summed E-state index contributed by atoms with van der Waals surface area (Å²) in [7, 11) is 0. The van der Waals surface area contributed by atoms with Crippen molar-refractivity contribution in [2.45, 2.75) is 45.3 Å². The molecule has 1 saturated carbocycles. The average molecular weight is 277 g/mol. The van der Waals surface area contributed by atoms with Crippen LogP contribution in [0, 0.1) is 6.92 Å². The lowest BCUT2D eigenvalue weighted by atomic mass is 10.2. The molecule has 3 nitrogen and oxygen atoms in total. The zero-order valence-corrected chi connectivity index (χ0v) is 12.7. The Morgan fingerprint density at radius 1 is 1.42 bits per heavy atom. The molecule has 1 atom stereocenters. The summed E-state index contributed by atoms with van der Waals surface area (Å²) in [5.74, 6) is 3.60. The van der Waals surface area contributed by atoms with Crippen molar-refractivity contribution in [1.82, 2.24) is 10.3 Å². The highest BCUT2D eigenvalue weighted by Crippen LogP contribution is 2.24. The fourth-order valence-corrected chi connectivity index (χ4v) is 3.60. The zero-order valence-electron chi connectivity index (χ0n) is 11.9. The Hall–Kier alpha value is -0.740. The van der Waals surface area contributed by atoms with Crippen LogP contribution in [-0.2, 0) is 6.54 Å². The Bertz CT molecular complexity index is 445. The van der Waals surface area contributed by atoms with Crippen molar-refractivity contribution in [2.24, 2.45) is 0 Å². The van der Waals surface area contributed by atoms with E-state index in [1.807, 2.05) is 0 Å². The zero-order chi connectivity index (χ0) is 13.2. The minimum Gasteiger partial charge on any atom is -0.352 e. The van der Waals surface area contributed by atoms with Gasteiger partial charge in [-0.25, -0.2) is 4.98 Å². The molecule has 0 spiro atoms. The quantitative estimate of drug-likeness (QED) is 0.915. The second kappa shape index (κ2) is 5.71. The molecule has 4 heteroatoms. The molecule has 1 unspecified atom stereocenters. The molecule has 0 aromatic carbocycles. The third-order valence-corrected chi connectivity index (χ3v) is 5.02. The molecule has 19 heavy (non-hydrogen) atoms. The summed E-state index contributed by atoms with van der Waals surface area (Å²) < 4.78 is 0. The number of anilines is 1. The van der Waals surface area contributed by atoms with Gasteiger partial charge in [0.2, 0.25) is 0 Å². The van der Waals surface area contributed by atoms with Gasteiger partial charge in [0.25, 0.3) is 0 Å². The minimum absolute atomic E-state index is 0.595. The smallest absolute Gasteiger partial charge is 0.129 e. The number of aryl methyl sites for hydroxylation is 1. The predicted molar refractivity (Wildman–Crippen MR) is 83.0 cm³/mol. The SMILES string of the molecule is Cc1cc(CNC2CC2)cc(N2CCSCC2C)n1. The first kappa shape index (κ1) is 13.3. The van der Waals surface area contributed by atoms with Crippen LogP contribution in [0.5, 0.6) is 0 Å². The summed E-state index contributed by atoms with van der Waals surface area (Å²) in [6.45, 7) is 6.52. The molecule has 1 aliphatic carbocycles. The first-order valence-corrected chi connectivity index (χ1v) is 8.43. The van der Waals surface area contributed by atoms with Gasteiger partial charge in [-0.15, -0.1) is 0 Å². The van der Waals surface area contributed by atoms with Crippen LogP contribution in [0.25, 0.3) is 0 Å². The maximum Gasteiger partial charge on any atom is 0.129 e. The molecule has 1 saturated heterocycles. The van der Waals surface area contributed by atoms with E-state index in [2.05, 4.69) is 48.0 Å². The van der Waals surface area contributed by atoms with E-state index in [0.717, 1.165) is 24.8 Å². The summed E-state index contributed by atoms with van der Waals surface area (Å²) in [6.07, 6.45) is 2.69. The Kier molecular flexibility index (Phi) is 3.99. The summed E-state index contributed by atoms with van der Waals surface area (Å²) in [5, 5.41) is 3.59. The third kappa shape index (κ3) is 3.42. The molecule has 0 bridgehead atoms. The number of aromatic nitrogens is 1. The molecule has 1 aromatic rings. The van der Waals surface area contributed by atoms with Crippen LogP contribution in [0.2, 0.25) is 0 Å². The number of nitrogens with zero attached hydrogens (tertiary/aromatic N) is 2. The van der Waals surface area contributed by atoms with Crippen LogP contribution in [0.4, 0.5) is 5.82 Å². The number of pyridine rings is 1. The highest BCUT2D eigenvalue weighted by atomic mass is 32.2. The van der Waals surface area contributed by atoms with E-state index in [1.54, 1.807) is 0 Å². The predicted octanol–water partition coefficient (Wildman–Crippen LogP) is 2.58.